The molecular formula is C25H24FN3O4. The maximum absolute atomic E-state index is 14.0. The average Bonchev–Trinajstić information content (AvgIpc) is 2.84. The number of hydrogen-bond donors (Lipinski definition) is 0. The summed E-state index contributed by atoms with van der Waals surface area (Å²) in [6.45, 7) is 1.83. The number of nitrogens with zero attached hydrogens (tertiary/aromatic N) is 3. The Bertz CT molecular complexity index is 1130. The number of non-ortho nitro benzene ring substituents is 1. The summed E-state index contributed by atoms with van der Waals surface area (Å²) in [7, 11) is 0. The van der Waals surface area contributed by atoms with Crippen molar-refractivity contribution in [1.29, 1.82) is 0 Å². The lowest BCUT2D eigenvalue weighted by molar-refractivity contribution is -0.384. The SMILES string of the molecule is O=C(COc1ccc([N+](=O)[O-])cc1Cc1ccccc1)N1CCN(c2ccccc2F)CC1. The van der Waals surface area contributed by atoms with Gasteiger partial charge in [-0.3, -0.25) is 14.9 Å². The van der Waals surface area contributed by atoms with Crippen LogP contribution >= 0.6 is 0 Å². The molecule has 1 heterocycles. The molecule has 4 rings (SSSR count). The first-order chi connectivity index (χ1) is 16.0. The van der Waals surface area contributed by atoms with Crippen molar-refractivity contribution in [3.8, 4) is 5.75 Å². The number of ether oxygens (including phenoxy) is 1. The molecule has 0 spiro atoms. The van der Waals surface area contributed by atoms with Crippen LogP contribution in [0.2, 0.25) is 0 Å². The van der Waals surface area contributed by atoms with Crippen LogP contribution in [0.1, 0.15) is 11.1 Å². The topological polar surface area (TPSA) is 75.9 Å². The Hall–Kier alpha value is -3.94. The molecule has 170 valence electrons. The number of carbonyl (C=O) groups is 1. The van der Waals surface area contributed by atoms with E-state index in [1.54, 1.807) is 29.2 Å². The predicted octanol–water partition coefficient (Wildman–Crippen LogP) is 4.05. The average molecular weight is 449 g/mol. The molecule has 1 fully saturated rings. The van der Waals surface area contributed by atoms with Gasteiger partial charge in [-0.15, -0.1) is 0 Å². The van der Waals surface area contributed by atoms with Crippen LogP contribution in [-0.2, 0) is 11.2 Å². The molecule has 1 aliphatic rings. The summed E-state index contributed by atoms with van der Waals surface area (Å²) in [4.78, 5) is 27.1. The number of para-hydroxylation sites is 1. The van der Waals surface area contributed by atoms with E-state index in [9.17, 15) is 19.3 Å². The molecule has 1 amide bonds. The van der Waals surface area contributed by atoms with Crippen molar-refractivity contribution in [3.05, 3.63) is 99.9 Å². The molecule has 0 aliphatic carbocycles. The van der Waals surface area contributed by atoms with Crippen LogP contribution in [-0.4, -0.2) is 48.5 Å². The van der Waals surface area contributed by atoms with Crippen LogP contribution in [0.25, 0.3) is 0 Å². The van der Waals surface area contributed by atoms with Gasteiger partial charge in [0, 0.05) is 50.3 Å². The minimum absolute atomic E-state index is 0.0242. The van der Waals surface area contributed by atoms with Crippen molar-refractivity contribution < 1.29 is 18.8 Å². The van der Waals surface area contributed by atoms with Crippen LogP contribution in [0.15, 0.2) is 72.8 Å². The number of anilines is 1. The number of rotatable bonds is 7. The summed E-state index contributed by atoms with van der Waals surface area (Å²) in [5.74, 6) is -0.000260. The quantitative estimate of drug-likeness (QED) is 0.402. The van der Waals surface area contributed by atoms with Gasteiger partial charge in [0.25, 0.3) is 11.6 Å². The standard InChI is InChI=1S/C25H24FN3O4/c26-22-8-4-5-9-23(22)27-12-14-28(15-13-27)25(30)18-33-24-11-10-21(29(31)32)17-20(24)16-19-6-2-1-3-7-19/h1-11,17H,12-16,18H2. The molecule has 8 heteroatoms. The number of nitro groups is 1. The van der Waals surface area contributed by atoms with Crippen molar-refractivity contribution in [2.45, 2.75) is 6.42 Å². The van der Waals surface area contributed by atoms with Crippen LogP contribution < -0.4 is 9.64 Å². The number of hydrogen-bond acceptors (Lipinski definition) is 5. The van der Waals surface area contributed by atoms with Crippen LogP contribution in [0.4, 0.5) is 15.8 Å². The lowest BCUT2D eigenvalue weighted by Gasteiger charge is -2.36. The molecule has 1 saturated heterocycles. The maximum atomic E-state index is 14.0. The van der Waals surface area contributed by atoms with Gasteiger partial charge in [0.1, 0.15) is 11.6 Å². The smallest absolute Gasteiger partial charge is 0.269 e. The lowest BCUT2D eigenvalue weighted by atomic mass is 10.0. The van der Waals surface area contributed by atoms with Gasteiger partial charge in [-0.2, -0.15) is 0 Å². The van der Waals surface area contributed by atoms with E-state index in [0.717, 1.165) is 5.56 Å². The van der Waals surface area contributed by atoms with Crippen LogP contribution in [0.5, 0.6) is 5.75 Å². The lowest BCUT2D eigenvalue weighted by Crippen LogP contribution is -2.50. The highest BCUT2D eigenvalue weighted by Crippen LogP contribution is 2.27. The number of piperazine rings is 1. The van der Waals surface area contributed by atoms with Gasteiger partial charge < -0.3 is 14.5 Å². The Balaban J connectivity index is 1.39. The third-order valence-corrected chi connectivity index (χ3v) is 5.67. The Labute approximate surface area is 191 Å². The zero-order valence-electron chi connectivity index (χ0n) is 18.0. The maximum Gasteiger partial charge on any atom is 0.269 e. The number of benzene rings is 3. The first-order valence-electron chi connectivity index (χ1n) is 10.7. The van der Waals surface area contributed by atoms with E-state index in [-0.39, 0.29) is 24.0 Å². The second-order valence-corrected chi connectivity index (χ2v) is 7.82. The van der Waals surface area contributed by atoms with Crippen molar-refractivity contribution in [2.75, 3.05) is 37.7 Å². The van der Waals surface area contributed by atoms with Gasteiger partial charge >= 0.3 is 0 Å². The highest BCUT2D eigenvalue weighted by atomic mass is 19.1. The van der Waals surface area contributed by atoms with E-state index in [4.69, 9.17) is 4.74 Å². The minimum Gasteiger partial charge on any atom is -0.483 e. The highest BCUT2D eigenvalue weighted by molar-refractivity contribution is 5.78. The fraction of sp³-hybridized carbons (Fsp3) is 0.240. The highest BCUT2D eigenvalue weighted by Gasteiger charge is 2.23. The zero-order valence-corrected chi connectivity index (χ0v) is 18.0. The molecule has 3 aromatic rings. The summed E-state index contributed by atoms with van der Waals surface area (Å²) in [5, 5.41) is 11.2. The van der Waals surface area contributed by atoms with Crippen molar-refractivity contribution >= 4 is 17.3 Å². The first kappa shape index (κ1) is 22.3. The predicted molar refractivity (Wildman–Crippen MR) is 123 cm³/mol. The zero-order chi connectivity index (χ0) is 23.2. The molecule has 0 aromatic heterocycles. The molecule has 0 unspecified atom stereocenters. The molecule has 0 N–H and O–H groups in total. The summed E-state index contributed by atoms with van der Waals surface area (Å²) in [6.07, 6.45) is 0.452. The Kier molecular flexibility index (Phi) is 6.83. The van der Waals surface area contributed by atoms with Crippen molar-refractivity contribution in [3.63, 3.8) is 0 Å². The fourth-order valence-corrected chi connectivity index (χ4v) is 3.91. The molecular weight excluding hydrogens is 425 g/mol. The fourth-order valence-electron chi connectivity index (χ4n) is 3.91. The number of amides is 1. The normalized spacial score (nSPS) is 13.6. The number of nitro benzene ring substituents is 1. The summed E-state index contributed by atoms with van der Waals surface area (Å²) < 4.78 is 19.8. The number of carbonyl (C=O) groups excluding carboxylic acids is 1. The summed E-state index contributed by atoms with van der Waals surface area (Å²) >= 11 is 0. The molecule has 0 bridgehead atoms. The van der Waals surface area contributed by atoms with E-state index in [0.29, 0.717) is 49.6 Å². The van der Waals surface area contributed by atoms with E-state index in [1.165, 1.54) is 18.2 Å². The molecule has 0 saturated carbocycles. The second kappa shape index (κ2) is 10.1. The van der Waals surface area contributed by atoms with Gasteiger partial charge in [0.15, 0.2) is 6.61 Å². The molecule has 0 radical (unpaired) electrons. The molecule has 0 atom stereocenters. The van der Waals surface area contributed by atoms with Gasteiger partial charge in [-0.1, -0.05) is 42.5 Å². The van der Waals surface area contributed by atoms with E-state index < -0.39 is 4.92 Å². The van der Waals surface area contributed by atoms with Gasteiger partial charge in [0.05, 0.1) is 10.6 Å². The van der Waals surface area contributed by atoms with Crippen LogP contribution in [0, 0.1) is 15.9 Å². The van der Waals surface area contributed by atoms with E-state index in [2.05, 4.69) is 0 Å². The third kappa shape index (κ3) is 5.46. The van der Waals surface area contributed by atoms with Gasteiger partial charge in [0.2, 0.25) is 0 Å². The van der Waals surface area contributed by atoms with Gasteiger partial charge in [-0.05, 0) is 23.8 Å². The Morgan fingerprint density at radius 3 is 2.36 bits per heavy atom. The second-order valence-electron chi connectivity index (χ2n) is 7.82. The molecule has 7 nitrogen and oxygen atoms in total. The molecule has 1 aliphatic heterocycles. The minimum atomic E-state index is -0.446. The van der Waals surface area contributed by atoms with E-state index in [1.807, 2.05) is 35.2 Å². The largest absolute Gasteiger partial charge is 0.483 e. The third-order valence-electron chi connectivity index (χ3n) is 5.67. The summed E-state index contributed by atoms with van der Waals surface area (Å²) in [5.41, 5.74) is 2.15. The summed E-state index contributed by atoms with van der Waals surface area (Å²) in [6, 6.07) is 20.6. The Morgan fingerprint density at radius 1 is 0.970 bits per heavy atom. The molecule has 33 heavy (non-hydrogen) atoms. The first-order valence-corrected chi connectivity index (χ1v) is 10.7. The van der Waals surface area contributed by atoms with Gasteiger partial charge in [-0.25, -0.2) is 4.39 Å². The monoisotopic (exact) mass is 449 g/mol. The molecule has 3 aromatic carbocycles. The van der Waals surface area contributed by atoms with Crippen LogP contribution in [0.3, 0.4) is 0 Å². The Morgan fingerprint density at radius 2 is 1.67 bits per heavy atom. The number of halogens is 1. The van der Waals surface area contributed by atoms with E-state index >= 15 is 0 Å². The van der Waals surface area contributed by atoms with Crippen molar-refractivity contribution in [2.24, 2.45) is 0 Å². The van der Waals surface area contributed by atoms with Crippen molar-refractivity contribution in [1.82, 2.24) is 4.90 Å².